The van der Waals surface area contributed by atoms with E-state index in [1.165, 1.54) is 11.1 Å². The summed E-state index contributed by atoms with van der Waals surface area (Å²) in [5.74, 6) is 0. The van der Waals surface area contributed by atoms with Crippen molar-refractivity contribution in [3.8, 4) is 11.1 Å². The second kappa shape index (κ2) is 13.3. The van der Waals surface area contributed by atoms with Crippen molar-refractivity contribution in [1.82, 2.24) is 4.98 Å². The van der Waals surface area contributed by atoms with Crippen molar-refractivity contribution >= 4 is 17.5 Å². The van der Waals surface area contributed by atoms with Gasteiger partial charge < -0.3 is 22.1 Å². The molecule has 0 aliphatic carbocycles. The summed E-state index contributed by atoms with van der Waals surface area (Å²) in [5, 5.41) is 0. The number of aromatic nitrogens is 2. The van der Waals surface area contributed by atoms with E-state index in [0.29, 0.717) is 0 Å². The molecule has 10 heteroatoms. The lowest BCUT2D eigenvalue weighted by atomic mass is 10.1. The molecule has 0 aromatic carbocycles. The van der Waals surface area contributed by atoms with Crippen molar-refractivity contribution in [2.24, 2.45) is 0 Å². The third-order valence-electron chi connectivity index (χ3n) is 5.91. The highest BCUT2D eigenvalue weighted by Crippen LogP contribution is 2.17. The van der Waals surface area contributed by atoms with Gasteiger partial charge in [0.2, 0.25) is 0 Å². The summed E-state index contributed by atoms with van der Waals surface area (Å²) < 4.78 is 32.0. The predicted octanol–water partition coefficient (Wildman–Crippen LogP) is 2.04. The lowest BCUT2D eigenvalue weighted by molar-refractivity contribution is -0.697. The Morgan fingerprint density at radius 2 is 1.06 bits per heavy atom. The van der Waals surface area contributed by atoms with Gasteiger partial charge in [0, 0.05) is 84.7 Å². The van der Waals surface area contributed by atoms with Gasteiger partial charge >= 0.3 is 17.5 Å². The summed E-state index contributed by atoms with van der Waals surface area (Å²) in [6.45, 7) is 1.81. The molecule has 0 spiro atoms. The SMILES string of the molecule is CN[Si](CCC[n+]1ccc(-c2cc[n+](CCC[Si](OC)(OC)OC)cc2)cc1)(OC)OC. The van der Waals surface area contributed by atoms with E-state index in [4.69, 9.17) is 22.1 Å². The van der Waals surface area contributed by atoms with Gasteiger partial charge in [-0.3, -0.25) is 4.98 Å². The van der Waals surface area contributed by atoms with Crippen LogP contribution in [0.15, 0.2) is 49.1 Å². The molecule has 0 atom stereocenters. The summed E-state index contributed by atoms with van der Waals surface area (Å²) >= 11 is 0. The molecule has 2 rings (SSSR count). The second-order valence-electron chi connectivity index (χ2n) is 7.56. The monoisotopic (exact) mass is 481 g/mol. The van der Waals surface area contributed by atoms with Crippen LogP contribution in [-0.4, -0.2) is 60.1 Å². The first kappa shape index (κ1) is 26.7. The van der Waals surface area contributed by atoms with Gasteiger partial charge in [0.05, 0.1) is 0 Å². The zero-order valence-electron chi connectivity index (χ0n) is 20.3. The normalized spacial score (nSPS) is 12.3. The minimum Gasteiger partial charge on any atom is -0.386 e. The molecule has 2 heterocycles. The van der Waals surface area contributed by atoms with E-state index in [2.05, 4.69) is 63.2 Å². The number of hydrogen-bond donors (Lipinski definition) is 1. The summed E-state index contributed by atoms with van der Waals surface area (Å²) in [4.78, 5) is 3.23. The average molecular weight is 482 g/mol. The molecule has 8 nitrogen and oxygen atoms in total. The number of pyridine rings is 2. The van der Waals surface area contributed by atoms with Gasteiger partial charge in [-0.05, 0) is 18.2 Å². The van der Waals surface area contributed by atoms with E-state index in [9.17, 15) is 0 Å². The van der Waals surface area contributed by atoms with Gasteiger partial charge in [-0.25, -0.2) is 9.13 Å². The number of hydrogen-bond acceptors (Lipinski definition) is 6. The van der Waals surface area contributed by atoms with Crippen molar-refractivity contribution in [1.29, 1.82) is 0 Å². The molecule has 0 unspecified atom stereocenters. The fraction of sp³-hybridized carbons (Fsp3) is 0.545. The Bertz CT molecular complexity index is 701. The molecule has 0 saturated carbocycles. The van der Waals surface area contributed by atoms with Gasteiger partial charge in [0.1, 0.15) is 13.1 Å². The molecule has 0 bridgehead atoms. The van der Waals surface area contributed by atoms with Crippen LogP contribution in [0.2, 0.25) is 12.1 Å². The first-order valence-electron chi connectivity index (χ1n) is 10.9. The summed E-state index contributed by atoms with van der Waals surface area (Å²) in [7, 11) is 5.54. The number of nitrogens with zero attached hydrogens (tertiary/aromatic N) is 2. The number of aryl methyl sites for hydroxylation is 2. The zero-order chi connectivity index (χ0) is 23.5. The summed E-state index contributed by atoms with van der Waals surface area (Å²) in [6, 6.07) is 10.3. The van der Waals surface area contributed by atoms with Crippen molar-refractivity contribution in [2.45, 2.75) is 38.0 Å². The van der Waals surface area contributed by atoms with Crippen molar-refractivity contribution in [3.05, 3.63) is 49.1 Å². The molecule has 2 aromatic heterocycles. The lowest BCUT2D eigenvalue weighted by Crippen LogP contribution is -2.53. The number of nitrogens with one attached hydrogen (secondary N) is 1. The fourth-order valence-electron chi connectivity index (χ4n) is 3.74. The van der Waals surface area contributed by atoms with E-state index < -0.39 is 17.5 Å². The lowest BCUT2D eigenvalue weighted by Gasteiger charge is -2.25. The molecule has 0 fully saturated rings. The van der Waals surface area contributed by atoms with Crippen LogP contribution in [0.4, 0.5) is 0 Å². The molecule has 2 aromatic rings. The predicted molar refractivity (Wildman–Crippen MR) is 127 cm³/mol. The van der Waals surface area contributed by atoms with Crippen LogP contribution in [0.25, 0.3) is 11.1 Å². The average Bonchev–Trinajstić information content (AvgIpc) is 2.86. The highest BCUT2D eigenvalue weighted by molar-refractivity contribution is 6.64. The van der Waals surface area contributed by atoms with Crippen LogP contribution in [0.3, 0.4) is 0 Å². The standard InChI is InChI=1S/C22H39N3O5Si2/c1-23-31(26-2,27-3)19-7-13-24-15-9-21(10-16-24)22-11-17-25(18-12-22)14-8-20-32(28-4,29-5)30-6/h9-12,15-18,23H,7-8,13-14,19-20H2,1-6H3/q+2. The van der Waals surface area contributed by atoms with Crippen LogP contribution in [0, 0.1) is 0 Å². The van der Waals surface area contributed by atoms with E-state index in [1.807, 2.05) is 7.05 Å². The maximum absolute atomic E-state index is 5.60. The molecule has 0 aliphatic rings. The Labute approximate surface area is 194 Å². The number of rotatable bonds is 15. The fourth-order valence-corrected chi connectivity index (χ4v) is 7.30. The molecule has 1 N–H and O–H groups in total. The molecular formula is C22H39N3O5Si2+2. The molecule has 178 valence electrons. The smallest absolute Gasteiger partial charge is 0.386 e. The Morgan fingerprint density at radius 3 is 1.41 bits per heavy atom. The Balaban J connectivity index is 1.88. The van der Waals surface area contributed by atoms with Gasteiger partial charge in [-0.15, -0.1) is 0 Å². The van der Waals surface area contributed by atoms with E-state index in [0.717, 1.165) is 38.0 Å². The highest BCUT2D eigenvalue weighted by Gasteiger charge is 2.37. The van der Waals surface area contributed by atoms with Gasteiger partial charge in [0.25, 0.3) is 0 Å². The Hall–Kier alpha value is -1.51. The second-order valence-corrected chi connectivity index (χ2v) is 14.0. The molecule has 32 heavy (non-hydrogen) atoms. The van der Waals surface area contributed by atoms with Gasteiger partial charge in [0.15, 0.2) is 24.8 Å². The van der Waals surface area contributed by atoms with E-state index >= 15 is 0 Å². The van der Waals surface area contributed by atoms with E-state index in [1.54, 1.807) is 35.5 Å². The molecule has 0 saturated heterocycles. The van der Waals surface area contributed by atoms with Gasteiger partial charge in [-0.2, -0.15) is 0 Å². The van der Waals surface area contributed by atoms with Crippen LogP contribution in [-0.2, 0) is 35.2 Å². The highest BCUT2D eigenvalue weighted by atomic mass is 28.4. The Kier molecular flexibility index (Phi) is 11.1. The minimum atomic E-state index is -2.50. The summed E-state index contributed by atoms with van der Waals surface area (Å²) in [6.07, 6.45) is 10.4. The zero-order valence-corrected chi connectivity index (χ0v) is 22.3. The molecular weight excluding hydrogens is 442 g/mol. The van der Waals surface area contributed by atoms with Crippen LogP contribution in [0.5, 0.6) is 0 Å². The van der Waals surface area contributed by atoms with E-state index in [-0.39, 0.29) is 0 Å². The van der Waals surface area contributed by atoms with Crippen LogP contribution < -0.4 is 14.1 Å². The molecule has 0 radical (unpaired) electrons. The molecule has 0 aliphatic heterocycles. The maximum Gasteiger partial charge on any atom is 0.500 e. The maximum atomic E-state index is 5.60. The third-order valence-corrected chi connectivity index (χ3v) is 11.8. The largest absolute Gasteiger partial charge is 0.500 e. The Morgan fingerprint density at radius 1 is 0.656 bits per heavy atom. The third kappa shape index (κ3) is 7.25. The topological polar surface area (TPSA) is 65.9 Å². The van der Waals surface area contributed by atoms with Gasteiger partial charge in [-0.1, -0.05) is 0 Å². The quantitative estimate of drug-likeness (QED) is 0.310. The van der Waals surface area contributed by atoms with Crippen molar-refractivity contribution in [3.63, 3.8) is 0 Å². The van der Waals surface area contributed by atoms with Crippen LogP contribution in [0.1, 0.15) is 12.8 Å². The first-order chi connectivity index (χ1) is 15.5. The van der Waals surface area contributed by atoms with Crippen LogP contribution >= 0.6 is 0 Å². The van der Waals surface area contributed by atoms with Crippen molar-refractivity contribution in [2.75, 3.05) is 42.6 Å². The minimum absolute atomic E-state index is 0.788. The summed E-state index contributed by atoms with van der Waals surface area (Å²) in [5.41, 5.74) is 2.40. The molecule has 0 amide bonds. The first-order valence-corrected chi connectivity index (χ1v) is 14.9. The van der Waals surface area contributed by atoms with Crippen molar-refractivity contribution < 1.29 is 31.3 Å².